The summed E-state index contributed by atoms with van der Waals surface area (Å²) in [7, 11) is -3.75. The molecule has 102 valence electrons. The lowest BCUT2D eigenvalue weighted by atomic mass is 10.2. The third-order valence-electron chi connectivity index (χ3n) is 2.22. The SMILES string of the molecule is CC(=O)NCCNS(=O)(=O)c1ccc(C#N)cc1N. The summed E-state index contributed by atoms with van der Waals surface area (Å²) >= 11 is 0. The van der Waals surface area contributed by atoms with E-state index in [4.69, 9.17) is 11.0 Å². The van der Waals surface area contributed by atoms with E-state index in [0.717, 1.165) is 0 Å². The second-order valence-corrected chi connectivity index (χ2v) is 5.48. The number of hydrogen-bond donors (Lipinski definition) is 3. The molecule has 7 nitrogen and oxygen atoms in total. The van der Waals surface area contributed by atoms with Gasteiger partial charge >= 0.3 is 0 Å². The van der Waals surface area contributed by atoms with Gasteiger partial charge in [-0.15, -0.1) is 0 Å². The summed E-state index contributed by atoms with van der Waals surface area (Å²) in [5, 5.41) is 11.1. The number of carbonyl (C=O) groups excluding carboxylic acids is 1. The summed E-state index contributed by atoms with van der Waals surface area (Å²) in [6.45, 7) is 1.58. The number of anilines is 1. The maximum absolute atomic E-state index is 11.9. The van der Waals surface area contributed by atoms with Crippen molar-refractivity contribution in [2.24, 2.45) is 0 Å². The van der Waals surface area contributed by atoms with Crippen LogP contribution in [-0.4, -0.2) is 27.4 Å². The number of nitrogens with one attached hydrogen (secondary N) is 2. The Morgan fingerprint density at radius 3 is 2.63 bits per heavy atom. The van der Waals surface area contributed by atoms with E-state index in [1.807, 2.05) is 6.07 Å². The van der Waals surface area contributed by atoms with Gasteiger partial charge in [0.1, 0.15) is 4.90 Å². The number of hydrogen-bond acceptors (Lipinski definition) is 5. The molecule has 0 atom stereocenters. The third-order valence-corrected chi connectivity index (χ3v) is 3.75. The number of nitrogens with two attached hydrogens (primary N) is 1. The van der Waals surface area contributed by atoms with Crippen LogP contribution in [0.4, 0.5) is 5.69 Å². The quantitative estimate of drug-likeness (QED) is 0.498. The van der Waals surface area contributed by atoms with Crippen LogP contribution in [0.15, 0.2) is 23.1 Å². The normalized spacial score (nSPS) is 10.7. The van der Waals surface area contributed by atoms with Gasteiger partial charge in [-0.05, 0) is 18.2 Å². The molecule has 0 aliphatic heterocycles. The second kappa shape index (κ2) is 6.17. The predicted octanol–water partition coefficient (Wildman–Crippen LogP) is -0.445. The Labute approximate surface area is 111 Å². The van der Waals surface area contributed by atoms with Gasteiger partial charge in [-0.3, -0.25) is 4.79 Å². The molecular weight excluding hydrogens is 268 g/mol. The van der Waals surface area contributed by atoms with E-state index < -0.39 is 10.0 Å². The maximum atomic E-state index is 11.9. The van der Waals surface area contributed by atoms with E-state index in [2.05, 4.69) is 10.0 Å². The van der Waals surface area contributed by atoms with Gasteiger partial charge in [0.05, 0.1) is 17.3 Å². The Kier molecular flexibility index (Phi) is 4.86. The van der Waals surface area contributed by atoms with Crippen LogP contribution in [0.5, 0.6) is 0 Å². The first-order chi connectivity index (χ1) is 8.86. The molecule has 0 heterocycles. The highest BCUT2D eigenvalue weighted by molar-refractivity contribution is 7.89. The number of nitrogen functional groups attached to an aromatic ring is 1. The lowest BCUT2D eigenvalue weighted by molar-refractivity contribution is -0.118. The molecule has 1 aromatic rings. The standard InChI is InChI=1S/C11H14N4O3S/c1-8(16)14-4-5-15-19(17,18)11-3-2-9(7-12)6-10(11)13/h2-3,6,15H,4-5,13H2,1H3,(H,14,16). The number of nitriles is 1. The van der Waals surface area contributed by atoms with Gasteiger partial charge in [0.15, 0.2) is 0 Å². The van der Waals surface area contributed by atoms with Crippen LogP contribution in [0.3, 0.4) is 0 Å². The molecule has 0 unspecified atom stereocenters. The van der Waals surface area contributed by atoms with Crippen molar-refractivity contribution in [3.63, 3.8) is 0 Å². The molecule has 0 aliphatic rings. The molecule has 0 radical (unpaired) electrons. The van der Waals surface area contributed by atoms with Crippen molar-refractivity contribution in [3.05, 3.63) is 23.8 Å². The Hall–Kier alpha value is -2.11. The van der Waals surface area contributed by atoms with E-state index in [0.29, 0.717) is 0 Å². The van der Waals surface area contributed by atoms with Gasteiger partial charge in [0.25, 0.3) is 0 Å². The maximum Gasteiger partial charge on any atom is 0.242 e. The van der Waals surface area contributed by atoms with Crippen molar-refractivity contribution in [1.29, 1.82) is 5.26 Å². The summed E-state index contributed by atoms with van der Waals surface area (Å²) in [4.78, 5) is 10.5. The van der Waals surface area contributed by atoms with E-state index >= 15 is 0 Å². The van der Waals surface area contributed by atoms with Gasteiger partial charge in [0, 0.05) is 20.0 Å². The van der Waals surface area contributed by atoms with Crippen molar-refractivity contribution >= 4 is 21.6 Å². The van der Waals surface area contributed by atoms with Crippen molar-refractivity contribution < 1.29 is 13.2 Å². The monoisotopic (exact) mass is 282 g/mol. The first-order valence-corrected chi connectivity index (χ1v) is 6.89. The Morgan fingerprint density at radius 2 is 2.11 bits per heavy atom. The Bertz CT molecular complexity index is 619. The van der Waals surface area contributed by atoms with Gasteiger partial charge in [-0.25, -0.2) is 13.1 Å². The topological polar surface area (TPSA) is 125 Å². The molecule has 0 fully saturated rings. The number of carbonyl (C=O) groups is 1. The minimum absolute atomic E-state index is 0.00563. The zero-order chi connectivity index (χ0) is 14.5. The number of nitrogens with zero attached hydrogens (tertiary/aromatic N) is 1. The molecule has 1 amide bonds. The van der Waals surface area contributed by atoms with Crippen LogP contribution in [0.2, 0.25) is 0 Å². The van der Waals surface area contributed by atoms with Gasteiger partial charge in [-0.1, -0.05) is 0 Å². The molecule has 0 saturated carbocycles. The van der Waals surface area contributed by atoms with Gasteiger partial charge in [-0.2, -0.15) is 5.26 Å². The predicted molar refractivity (Wildman–Crippen MR) is 69.4 cm³/mol. The number of rotatable bonds is 5. The molecule has 1 aromatic carbocycles. The minimum atomic E-state index is -3.75. The van der Waals surface area contributed by atoms with E-state index in [9.17, 15) is 13.2 Å². The van der Waals surface area contributed by atoms with E-state index in [1.54, 1.807) is 0 Å². The highest BCUT2D eigenvalue weighted by Crippen LogP contribution is 2.18. The molecule has 0 bridgehead atoms. The van der Waals surface area contributed by atoms with Crippen LogP contribution in [-0.2, 0) is 14.8 Å². The van der Waals surface area contributed by atoms with Crippen molar-refractivity contribution in [2.75, 3.05) is 18.8 Å². The molecule has 0 aliphatic carbocycles. The third kappa shape index (κ3) is 4.24. The molecule has 0 saturated heterocycles. The average Bonchev–Trinajstić information content (AvgIpc) is 2.34. The van der Waals surface area contributed by atoms with Crippen LogP contribution in [0.1, 0.15) is 12.5 Å². The molecule has 1 rings (SSSR count). The fourth-order valence-corrected chi connectivity index (χ4v) is 2.51. The van der Waals surface area contributed by atoms with Crippen LogP contribution >= 0.6 is 0 Å². The van der Waals surface area contributed by atoms with Crippen molar-refractivity contribution in [3.8, 4) is 6.07 Å². The highest BCUT2D eigenvalue weighted by Gasteiger charge is 2.16. The number of amides is 1. The highest BCUT2D eigenvalue weighted by atomic mass is 32.2. The van der Waals surface area contributed by atoms with Crippen LogP contribution in [0, 0.1) is 11.3 Å². The molecule has 4 N–H and O–H groups in total. The number of benzene rings is 1. The summed E-state index contributed by atoms with van der Waals surface area (Å²) in [5.41, 5.74) is 5.89. The number of sulfonamides is 1. The molecule has 8 heteroatoms. The van der Waals surface area contributed by atoms with E-state index in [1.165, 1.54) is 25.1 Å². The summed E-state index contributed by atoms with van der Waals surface area (Å²) in [5.74, 6) is -0.239. The Morgan fingerprint density at radius 1 is 1.42 bits per heavy atom. The Balaban J connectivity index is 2.78. The van der Waals surface area contributed by atoms with Crippen molar-refractivity contribution in [1.82, 2.24) is 10.0 Å². The smallest absolute Gasteiger partial charge is 0.242 e. The largest absolute Gasteiger partial charge is 0.398 e. The lowest BCUT2D eigenvalue weighted by Crippen LogP contribution is -2.33. The molecular formula is C11H14N4O3S. The van der Waals surface area contributed by atoms with Crippen molar-refractivity contribution in [2.45, 2.75) is 11.8 Å². The van der Waals surface area contributed by atoms with Gasteiger partial charge < -0.3 is 11.1 Å². The molecule has 0 spiro atoms. The minimum Gasteiger partial charge on any atom is -0.398 e. The molecule has 19 heavy (non-hydrogen) atoms. The summed E-state index contributed by atoms with van der Waals surface area (Å²) < 4.78 is 26.1. The average molecular weight is 282 g/mol. The van der Waals surface area contributed by atoms with Crippen LogP contribution < -0.4 is 15.8 Å². The molecule has 0 aromatic heterocycles. The zero-order valence-corrected chi connectivity index (χ0v) is 11.1. The van der Waals surface area contributed by atoms with Gasteiger partial charge in [0.2, 0.25) is 15.9 Å². The second-order valence-electron chi connectivity index (χ2n) is 3.75. The summed E-state index contributed by atoms with van der Waals surface area (Å²) in [6, 6.07) is 5.81. The summed E-state index contributed by atoms with van der Waals surface area (Å²) in [6.07, 6.45) is 0. The first-order valence-electron chi connectivity index (χ1n) is 5.40. The fraction of sp³-hybridized carbons (Fsp3) is 0.273. The zero-order valence-electron chi connectivity index (χ0n) is 10.3. The van der Waals surface area contributed by atoms with Crippen LogP contribution in [0.25, 0.3) is 0 Å². The first kappa shape index (κ1) is 14.9. The fourth-order valence-electron chi connectivity index (χ4n) is 1.36. The van der Waals surface area contributed by atoms with E-state index in [-0.39, 0.29) is 35.1 Å². The lowest BCUT2D eigenvalue weighted by Gasteiger charge is -2.09.